The average Bonchev–Trinajstić information content (AvgIpc) is 3.76. The van der Waals surface area contributed by atoms with E-state index in [9.17, 15) is 23.1 Å². The Morgan fingerprint density at radius 1 is 1.14 bits per heavy atom. The Labute approximate surface area is 246 Å². The molecule has 10 nitrogen and oxygen atoms in total. The smallest absolute Gasteiger partial charge is 0.309 e. The van der Waals surface area contributed by atoms with Crippen LogP contribution in [-0.4, -0.2) is 63.4 Å². The lowest BCUT2D eigenvalue weighted by atomic mass is 9.76. The van der Waals surface area contributed by atoms with Gasteiger partial charge in [-0.15, -0.1) is 0 Å². The summed E-state index contributed by atoms with van der Waals surface area (Å²) >= 11 is 0. The number of furan rings is 1. The highest BCUT2D eigenvalue weighted by Gasteiger charge is 2.40. The van der Waals surface area contributed by atoms with Gasteiger partial charge in [0.1, 0.15) is 11.6 Å². The van der Waals surface area contributed by atoms with Gasteiger partial charge in [-0.2, -0.15) is 4.98 Å². The molecule has 1 aromatic carbocycles. The number of sulfonamides is 1. The zero-order valence-electron chi connectivity index (χ0n) is 24.4. The van der Waals surface area contributed by atoms with E-state index in [0.29, 0.717) is 67.8 Å². The Morgan fingerprint density at radius 3 is 2.40 bits per heavy atom. The molecule has 0 atom stereocenters. The van der Waals surface area contributed by atoms with Crippen molar-refractivity contribution in [2.45, 2.75) is 64.2 Å². The van der Waals surface area contributed by atoms with E-state index in [-0.39, 0.29) is 24.1 Å². The van der Waals surface area contributed by atoms with Gasteiger partial charge in [-0.1, -0.05) is 37.6 Å². The second-order valence-electron chi connectivity index (χ2n) is 11.5. The number of anilines is 1. The first-order chi connectivity index (χ1) is 20.1. The number of fused-ring (bicyclic) bond motifs is 1. The van der Waals surface area contributed by atoms with Crippen LogP contribution in [0.3, 0.4) is 0 Å². The molecule has 1 aliphatic carbocycles. The van der Waals surface area contributed by atoms with Crippen LogP contribution in [0.4, 0.5) is 5.82 Å². The second-order valence-corrected chi connectivity index (χ2v) is 13.4. The molecule has 1 saturated carbocycles. The third-order valence-corrected chi connectivity index (χ3v) is 9.75. The van der Waals surface area contributed by atoms with Gasteiger partial charge in [0.05, 0.1) is 22.6 Å². The van der Waals surface area contributed by atoms with E-state index in [1.165, 1.54) is 4.31 Å². The molecule has 0 bridgehead atoms. The van der Waals surface area contributed by atoms with Crippen LogP contribution < -0.4 is 9.62 Å². The van der Waals surface area contributed by atoms with Crippen molar-refractivity contribution in [2.24, 2.45) is 5.41 Å². The molecule has 2 fully saturated rings. The van der Waals surface area contributed by atoms with Crippen LogP contribution in [0.25, 0.3) is 22.4 Å². The number of carboxylic acids is 1. The highest BCUT2D eigenvalue weighted by atomic mass is 32.2. The van der Waals surface area contributed by atoms with Crippen molar-refractivity contribution in [1.29, 1.82) is 0 Å². The zero-order chi connectivity index (χ0) is 30.1. The summed E-state index contributed by atoms with van der Waals surface area (Å²) < 4.78 is 39.1. The molecule has 1 amide bonds. The molecule has 5 rings (SSSR count). The van der Waals surface area contributed by atoms with Crippen LogP contribution in [-0.2, 0) is 26.0 Å². The highest BCUT2D eigenvalue weighted by Crippen LogP contribution is 2.47. The number of unbranched alkanes of at least 4 members (excludes halogenated alkanes) is 1. The lowest BCUT2D eigenvalue weighted by molar-refractivity contribution is -0.155. The molecular weight excluding hydrogens is 558 g/mol. The topological polar surface area (TPSA) is 139 Å². The van der Waals surface area contributed by atoms with Crippen molar-refractivity contribution in [2.75, 3.05) is 37.4 Å². The molecule has 226 valence electrons. The Hall–Kier alpha value is -3.44. The summed E-state index contributed by atoms with van der Waals surface area (Å²) in [5, 5.41) is 13.1. The molecule has 2 aromatic heterocycles. The molecular formula is C31H39N3O7S. The molecule has 1 aliphatic heterocycles. The molecule has 0 spiro atoms. The van der Waals surface area contributed by atoms with Gasteiger partial charge in [-0.25, -0.2) is 8.42 Å². The number of hydrogen-bond acceptors (Lipinski definition) is 7. The molecule has 0 radical (unpaired) electrons. The number of aromatic nitrogens is 1. The third kappa shape index (κ3) is 6.03. The molecule has 3 heterocycles. The minimum atomic E-state index is -3.72. The van der Waals surface area contributed by atoms with Gasteiger partial charge in [0.15, 0.2) is 0 Å². The molecule has 42 heavy (non-hydrogen) atoms. The number of aliphatic carboxylic acids is 1. The minimum Gasteiger partial charge on any atom is -0.481 e. The Kier molecular flexibility index (Phi) is 8.61. The van der Waals surface area contributed by atoms with Crippen molar-refractivity contribution < 1.29 is 32.3 Å². The first-order valence-electron chi connectivity index (χ1n) is 14.7. The number of rotatable bonds is 12. The number of amides is 1. The summed E-state index contributed by atoms with van der Waals surface area (Å²) in [6.07, 6.45) is 6.24. The quantitative estimate of drug-likeness (QED) is 0.275. The van der Waals surface area contributed by atoms with Gasteiger partial charge < -0.3 is 19.6 Å². The van der Waals surface area contributed by atoms with Crippen LogP contribution in [0.2, 0.25) is 0 Å². The van der Waals surface area contributed by atoms with Gasteiger partial charge >= 0.3 is 5.97 Å². The van der Waals surface area contributed by atoms with E-state index in [2.05, 4.69) is 12.2 Å². The Bertz CT molecular complexity index is 1570. The standard InChI is InChI=1S/C31H39N3O7S/c1-4-20-7-9-22(10-8-20)26-25(28(35)32-2)24-19-23(21-11-12-21)27(33-29(24)41-26)34(42(3,38)39)16-6-5-13-31(30(36)37)14-17-40-18-15-31/h7-10,19,21H,4-6,11-18H2,1-3H3,(H,32,35)(H,36,37). The first-order valence-corrected chi connectivity index (χ1v) is 16.5. The molecule has 3 aromatic rings. The maximum absolute atomic E-state index is 13.1. The van der Waals surface area contributed by atoms with E-state index >= 15 is 0 Å². The normalized spacial score (nSPS) is 16.8. The summed E-state index contributed by atoms with van der Waals surface area (Å²) in [7, 11) is -2.16. The third-order valence-electron chi connectivity index (χ3n) is 8.59. The van der Waals surface area contributed by atoms with Gasteiger partial charge in [0.25, 0.3) is 5.91 Å². The molecule has 2 N–H and O–H groups in total. The predicted octanol–water partition coefficient (Wildman–Crippen LogP) is 5.11. The maximum atomic E-state index is 13.1. The fourth-order valence-electron chi connectivity index (χ4n) is 5.85. The van der Waals surface area contributed by atoms with Gasteiger partial charge in [-0.3, -0.25) is 13.9 Å². The van der Waals surface area contributed by atoms with Crippen LogP contribution in [0, 0.1) is 5.41 Å². The highest BCUT2D eigenvalue weighted by molar-refractivity contribution is 7.92. The van der Waals surface area contributed by atoms with Crippen molar-refractivity contribution in [3.63, 3.8) is 0 Å². The number of benzene rings is 1. The summed E-state index contributed by atoms with van der Waals surface area (Å²) in [6, 6.07) is 9.68. The summed E-state index contributed by atoms with van der Waals surface area (Å²) in [4.78, 5) is 29.9. The lowest BCUT2D eigenvalue weighted by Crippen LogP contribution is -2.37. The van der Waals surface area contributed by atoms with E-state index in [1.807, 2.05) is 30.3 Å². The van der Waals surface area contributed by atoms with Gasteiger partial charge in [0.2, 0.25) is 15.7 Å². The zero-order valence-corrected chi connectivity index (χ0v) is 25.3. The number of ether oxygens (including phenoxy) is 1. The number of hydrogen-bond donors (Lipinski definition) is 2. The van der Waals surface area contributed by atoms with Crippen LogP contribution >= 0.6 is 0 Å². The molecule has 11 heteroatoms. The first kappa shape index (κ1) is 30.0. The lowest BCUT2D eigenvalue weighted by Gasteiger charge is -2.33. The van der Waals surface area contributed by atoms with Crippen molar-refractivity contribution in [1.82, 2.24) is 10.3 Å². The van der Waals surface area contributed by atoms with Crippen molar-refractivity contribution >= 4 is 38.8 Å². The monoisotopic (exact) mass is 597 g/mol. The number of carbonyl (C=O) groups excluding carboxylic acids is 1. The summed E-state index contributed by atoms with van der Waals surface area (Å²) in [6.45, 7) is 3.07. The number of carbonyl (C=O) groups is 2. The number of carboxylic acid groups (broad SMARTS) is 1. The van der Waals surface area contributed by atoms with Gasteiger partial charge in [-0.05, 0) is 68.1 Å². The van der Waals surface area contributed by atoms with Crippen LogP contribution in [0.1, 0.15) is 79.3 Å². The molecule has 1 saturated heterocycles. The van der Waals surface area contributed by atoms with E-state index in [1.54, 1.807) is 7.05 Å². The molecule has 0 unspecified atom stereocenters. The predicted molar refractivity (Wildman–Crippen MR) is 160 cm³/mol. The molecule has 2 aliphatic rings. The van der Waals surface area contributed by atoms with E-state index < -0.39 is 21.4 Å². The Balaban J connectivity index is 1.51. The SMILES string of the molecule is CCc1ccc(-c2oc3nc(N(CCCCC4(C(=O)O)CCOCC4)S(C)(=O)=O)c(C4CC4)cc3c2C(=O)NC)cc1. The second kappa shape index (κ2) is 12.0. The van der Waals surface area contributed by atoms with Crippen LogP contribution in [0.15, 0.2) is 34.7 Å². The fourth-order valence-corrected chi connectivity index (χ4v) is 6.77. The largest absolute Gasteiger partial charge is 0.481 e. The maximum Gasteiger partial charge on any atom is 0.309 e. The van der Waals surface area contributed by atoms with Gasteiger partial charge in [0, 0.05) is 32.4 Å². The number of pyridine rings is 1. The summed E-state index contributed by atoms with van der Waals surface area (Å²) in [5.41, 5.74) is 2.41. The number of aryl methyl sites for hydroxylation is 1. The van der Waals surface area contributed by atoms with E-state index in [0.717, 1.165) is 42.2 Å². The summed E-state index contributed by atoms with van der Waals surface area (Å²) in [5.74, 6) is -0.284. The Morgan fingerprint density at radius 2 is 1.83 bits per heavy atom. The number of nitrogens with one attached hydrogen (secondary N) is 1. The van der Waals surface area contributed by atoms with Crippen LogP contribution in [0.5, 0.6) is 0 Å². The number of nitrogens with zero attached hydrogens (tertiary/aromatic N) is 2. The minimum absolute atomic E-state index is 0.137. The van der Waals surface area contributed by atoms with Crippen molar-refractivity contribution in [3.8, 4) is 11.3 Å². The fraction of sp³-hybridized carbons (Fsp3) is 0.516. The van der Waals surface area contributed by atoms with E-state index in [4.69, 9.17) is 14.1 Å². The van der Waals surface area contributed by atoms with Crippen molar-refractivity contribution in [3.05, 3.63) is 47.0 Å². The average molecular weight is 598 g/mol.